The van der Waals surface area contributed by atoms with Crippen LogP contribution in [0.1, 0.15) is 4.88 Å². The smallest absolute Gasteiger partial charge is 0.174 e. The van der Waals surface area contributed by atoms with Crippen LogP contribution in [0.2, 0.25) is 0 Å². The van der Waals surface area contributed by atoms with E-state index in [1.165, 1.54) is 24.6 Å². The van der Waals surface area contributed by atoms with Crippen molar-refractivity contribution in [2.75, 3.05) is 13.7 Å². The molecule has 3 N–H and O–H groups in total. The Hall–Kier alpha value is -0.490. The van der Waals surface area contributed by atoms with Gasteiger partial charge in [-0.1, -0.05) is 0 Å². The molecule has 1 unspecified atom stereocenters. The van der Waals surface area contributed by atoms with Gasteiger partial charge in [0.2, 0.25) is 0 Å². The van der Waals surface area contributed by atoms with Crippen LogP contribution in [0.15, 0.2) is 11.7 Å². The number of rotatable bonds is 3. The lowest BCUT2D eigenvalue weighted by Crippen LogP contribution is -2.40. The fourth-order valence-corrected chi connectivity index (χ4v) is 1.34. The number of nitrogens with two attached hydrogens (primary N) is 1. The van der Waals surface area contributed by atoms with E-state index >= 15 is 0 Å². The monoisotopic (exact) mass is 174 g/mol. The Morgan fingerprint density at radius 3 is 3.09 bits per heavy atom. The number of nitrogens with zero attached hydrogens (tertiary/aromatic N) is 1. The highest BCUT2D eigenvalue weighted by molar-refractivity contribution is 7.09. The molecule has 0 aliphatic carbocycles. The number of aliphatic hydroxyl groups is 1. The van der Waals surface area contributed by atoms with Gasteiger partial charge < -0.3 is 9.84 Å². The lowest BCUT2D eigenvalue weighted by Gasteiger charge is -2.19. The predicted molar refractivity (Wildman–Crippen MR) is 42.1 cm³/mol. The van der Waals surface area contributed by atoms with Crippen molar-refractivity contribution >= 4 is 11.3 Å². The molecule has 1 aromatic heterocycles. The molecule has 1 rings (SSSR count). The first kappa shape index (κ1) is 8.61. The molecule has 0 bridgehead atoms. The first-order valence-corrected chi connectivity index (χ1v) is 3.94. The maximum absolute atomic E-state index is 9.50. The van der Waals surface area contributed by atoms with Crippen LogP contribution in [0.25, 0.3) is 0 Å². The fourth-order valence-electron chi connectivity index (χ4n) is 0.721. The van der Waals surface area contributed by atoms with Gasteiger partial charge in [0.15, 0.2) is 5.72 Å². The highest BCUT2D eigenvalue weighted by atomic mass is 32.1. The topological polar surface area (TPSA) is 68.4 Å². The summed E-state index contributed by atoms with van der Waals surface area (Å²) in [4.78, 5) is 4.40. The minimum absolute atomic E-state index is 0.0786. The average molecular weight is 174 g/mol. The van der Waals surface area contributed by atoms with Crippen molar-refractivity contribution in [3.63, 3.8) is 0 Å². The summed E-state index contributed by atoms with van der Waals surface area (Å²) in [5.41, 5.74) is 5.71. The highest BCUT2D eigenvalue weighted by Gasteiger charge is 2.24. The standard InChI is InChI=1S/C6H10N2O2S/c1-10-3-6(7,9)5-2-8-4-11-5/h2,4,9H,3,7H2,1H3. The van der Waals surface area contributed by atoms with Crippen LogP contribution in [0.5, 0.6) is 0 Å². The Labute approximate surface area is 68.6 Å². The van der Waals surface area contributed by atoms with E-state index in [2.05, 4.69) is 4.98 Å². The van der Waals surface area contributed by atoms with Crippen molar-refractivity contribution in [3.05, 3.63) is 16.6 Å². The average Bonchev–Trinajstić information content (AvgIpc) is 2.37. The summed E-state index contributed by atoms with van der Waals surface area (Å²) in [7, 11) is 1.48. The Kier molecular flexibility index (Phi) is 2.56. The minimum atomic E-state index is -1.39. The summed E-state index contributed by atoms with van der Waals surface area (Å²) in [6, 6.07) is 0. The van der Waals surface area contributed by atoms with E-state index in [9.17, 15) is 5.11 Å². The Morgan fingerprint density at radius 1 is 1.91 bits per heavy atom. The summed E-state index contributed by atoms with van der Waals surface area (Å²) in [5, 5.41) is 9.50. The molecule has 0 saturated carbocycles. The largest absolute Gasteiger partial charge is 0.380 e. The SMILES string of the molecule is COCC(N)(O)c1cncs1. The number of ether oxygens (including phenoxy) is 1. The number of aromatic nitrogens is 1. The molecule has 1 atom stereocenters. The van der Waals surface area contributed by atoms with E-state index < -0.39 is 5.72 Å². The molecular formula is C6H10N2O2S. The molecule has 0 fully saturated rings. The van der Waals surface area contributed by atoms with Gasteiger partial charge in [0, 0.05) is 13.3 Å². The Morgan fingerprint density at radius 2 is 2.64 bits per heavy atom. The summed E-state index contributed by atoms with van der Waals surface area (Å²) < 4.78 is 4.73. The van der Waals surface area contributed by atoms with Crippen molar-refractivity contribution in [1.82, 2.24) is 4.98 Å². The van der Waals surface area contributed by atoms with E-state index in [1.807, 2.05) is 0 Å². The van der Waals surface area contributed by atoms with Crippen molar-refractivity contribution in [1.29, 1.82) is 0 Å². The molecule has 1 heterocycles. The van der Waals surface area contributed by atoms with Gasteiger partial charge in [0.1, 0.15) is 0 Å². The van der Waals surface area contributed by atoms with E-state index in [1.54, 1.807) is 5.51 Å². The molecular weight excluding hydrogens is 164 g/mol. The van der Waals surface area contributed by atoms with Gasteiger partial charge in [-0.2, -0.15) is 0 Å². The molecule has 0 aliphatic rings. The van der Waals surface area contributed by atoms with Gasteiger partial charge in [-0.15, -0.1) is 11.3 Å². The molecule has 0 spiro atoms. The third kappa shape index (κ3) is 1.97. The zero-order valence-electron chi connectivity index (χ0n) is 6.15. The van der Waals surface area contributed by atoms with Gasteiger partial charge >= 0.3 is 0 Å². The fraction of sp³-hybridized carbons (Fsp3) is 0.500. The van der Waals surface area contributed by atoms with Crippen LogP contribution < -0.4 is 5.73 Å². The van der Waals surface area contributed by atoms with Crippen molar-refractivity contribution in [2.24, 2.45) is 5.73 Å². The van der Waals surface area contributed by atoms with E-state index in [-0.39, 0.29) is 6.61 Å². The van der Waals surface area contributed by atoms with Crippen LogP contribution >= 0.6 is 11.3 Å². The second-order valence-electron chi connectivity index (χ2n) is 2.22. The highest BCUT2D eigenvalue weighted by Crippen LogP contribution is 2.18. The van der Waals surface area contributed by atoms with Gasteiger partial charge in [-0.05, 0) is 0 Å². The summed E-state index contributed by atoms with van der Waals surface area (Å²) in [6.07, 6.45) is 1.53. The maximum atomic E-state index is 9.50. The van der Waals surface area contributed by atoms with Crippen molar-refractivity contribution in [3.8, 4) is 0 Å². The van der Waals surface area contributed by atoms with Crippen LogP contribution in [-0.2, 0) is 10.5 Å². The van der Waals surface area contributed by atoms with Gasteiger partial charge in [0.05, 0.1) is 17.0 Å². The number of thiazole rings is 1. The first-order chi connectivity index (χ1) is 5.17. The molecule has 62 valence electrons. The number of hydrogen-bond donors (Lipinski definition) is 2. The van der Waals surface area contributed by atoms with Crippen molar-refractivity contribution < 1.29 is 9.84 Å². The molecule has 1 aromatic rings. The molecule has 5 heteroatoms. The molecule has 0 saturated heterocycles. The van der Waals surface area contributed by atoms with Crippen molar-refractivity contribution in [2.45, 2.75) is 5.72 Å². The van der Waals surface area contributed by atoms with Crippen LogP contribution in [-0.4, -0.2) is 23.8 Å². The lowest BCUT2D eigenvalue weighted by atomic mass is 10.2. The lowest BCUT2D eigenvalue weighted by molar-refractivity contribution is -0.0283. The van der Waals surface area contributed by atoms with E-state index in [4.69, 9.17) is 10.5 Å². The summed E-state index contributed by atoms with van der Waals surface area (Å²) in [5.74, 6) is 0. The quantitative estimate of drug-likeness (QED) is 0.627. The number of methoxy groups -OCH3 is 1. The number of hydrogen-bond acceptors (Lipinski definition) is 5. The first-order valence-electron chi connectivity index (χ1n) is 3.06. The van der Waals surface area contributed by atoms with E-state index in [0.717, 1.165) is 0 Å². The van der Waals surface area contributed by atoms with Crippen LogP contribution in [0.3, 0.4) is 0 Å². The summed E-state index contributed by atoms with van der Waals surface area (Å²) >= 11 is 1.30. The molecule has 0 amide bonds. The molecule has 0 aromatic carbocycles. The Bertz CT molecular complexity index is 210. The molecule has 0 radical (unpaired) electrons. The van der Waals surface area contributed by atoms with Crippen LogP contribution in [0.4, 0.5) is 0 Å². The van der Waals surface area contributed by atoms with E-state index in [0.29, 0.717) is 4.88 Å². The predicted octanol–water partition coefficient (Wildman–Crippen LogP) is -0.107. The van der Waals surface area contributed by atoms with Gasteiger partial charge in [-0.3, -0.25) is 10.7 Å². The molecule has 4 nitrogen and oxygen atoms in total. The third-order valence-corrected chi connectivity index (χ3v) is 2.16. The second-order valence-corrected chi connectivity index (χ2v) is 3.11. The normalized spacial score (nSPS) is 16.3. The maximum Gasteiger partial charge on any atom is 0.174 e. The third-order valence-electron chi connectivity index (χ3n) is 1.22. The summed E-state index contributed by atoms with van der Waals surface area (Å²) in [6.45, 7) is 0.0786. The second kappa shape index (κ2) is 3.27. The van der Waals surface area contributed by atoms with Crippen LogP contribution in [0, 0.1) is 0 Å². The van der Waals surface area contributed by atoms with Gasteiger partial charge in [-0.25, -0.2) is 0 Å². The molecule has 0 aliphatic heterocycles. The Balaban J connectivity index is 2.73. The molecule has 11 heavy (non-hydrogen) atoms. The zero-order valence-corrected chi connectivity index (χ0v) is 6.97. The zero-order chi connectivity index (χ0) is 8.32. The van der Waals surface area contributed by atoms with Gasteiger partial charge in [0.25, 0.3) is 0 Å². The minimum Gasteiger partial charge on any atom is -0.380 e.